The number of hydrogen-bond acceptors (Lipinski definition) is 3. The van der Waals surface area contributed by atoms with Crippen molar-refractivity contribution in [3.05, 3.63) is 11.6 Å². The maximum atomic E-state index is 11.2. The van der Waals surface area contributed by atoms with E-state index in [4.69, 9.17) is 10.2 Å². The Labute approximate surface area is 65.3 Å². The number of rotatable bonds is 2. The minimum Gasteiger partial charge on any atom is -0.395 e. The molecule has 0 aromatic heterocycles. The molecule has 0 spiro atoms. The molecule has 0 amide bonds. The number of allylic oxidation sites excluding steroid dienone is 2. The maximum Gasteiger partial charge on any atom is 0.166 e. The number of ketones is 1. The molecule has 0 bridgehead atoms. The molecule has 0 atom stereocenters. The highest BCUT2D eigenvalue weighted by Crippen LogP contribution is 2.33. The first-order chi connectivity index (χ1) is 5.14. The quantitative estimate of drug-likeness (QED) is 0.586. The van der Waals surface area contributed by atoms with Crippen LogP contribution in [0.2, 0.25) is 0 Å². The highest BCUT2D eigenvalue weighted by molar-refractivity contribution is 5.98. The van der Waals surface area contributed by atoms with Crippen LogP contribution in [0.4, 0.5) is 0 Å². The van der Waals surface area contributed by atoms with Crippen molar-refractivity contribution in [3.63, 3.8) is 0 Å². The molecule has 0 saturated heterocycles. The molecule has 3 heteroatoms. The third-order valence-electron chi connectivity index (χ3n) is 2.12. The normalized spacial score (nSPS) is 22.1. The summed E-state index contributed by atoms with van der Waals surface area (Å²) in [5.41, 5.74) is 0.0162. The SMILES string of the molecule is CC1=CC(=O)C(CO)(CO)C1. The van der Waals surface area contributed by atoms with Gasteiger partial charge in [-0.1, -0.05) is 5.57 Å². The zero-order valence-corrected chi connectivity index (χ0v) is 6.50. The number of hydrogen-bond donors (Lipinski definition) is 2. The van der Waals surface area contributed by atoms with Crippen LogP contribution < -0.4 is 0 Å². The fourth-order valence-corrected chi connectivity index (χ4v) is 1.37. The standard InChI is InChI=1S/C8H12O3/c1-6-2-7(11)8(3-6,4-9)5-10/h2,9-10H,3-5H2,1H3. The Morgan fingerprint density at radius 1 is 1.55 bits per heavy atom. The van der Waals surface area contributed by atoms with Gasteiger partial charge in [0.25, 0.3) is 0 Å². The van der Waals surface area contributed by atoms with E-state index in [-0.39, 0.29) is 19.0 Å². The topological polar surface area (TPSA) is 57.5 Å². The lowest BCUT2D eigenvalue weighted by molar-refractivity contribution is -0.127. The fraction of sp³-hybridized carbons (Fsp3) is 0.625. The lowest BCUT2D eigenvalue weighted by Crippen LogP contribution is -2.34. The third-order valence-corrected chi connectivity index (χ3v) is 2.12. The van der Waals surface area contributed by atoms with Gasteiger partial charge in [-0.15, -0.1) is 0 Å². The van der Waals surface area contributed by atoms with Crippen LogP contribution in [0, 0.1) is 5.41 Å². The number of carbonyl (C=O) groups excluding carboxylic acids is 1. The van der Waals surface area contributed by atoms with Crippen LogP contribution in [0.25, 0.3) is 0 Å². The van der Waals surface area contributed by atoms with Crippen molar-refractivity contribution in [2.24, 2.45) is 5.41 Å². The summed E-state index contributed by atoms with van der Waals surface area (Å²) in [7, 11) is 0. The molecule has 0 aromatic rings. The van der Waals surface area contributed by atoms with Crippen molar-refractivity contribution in [1.29, 1.82) is 0 Å². The molecule has 0 aromatic carbocycles. The van der Waals surface area contributed by atoms with E-state index >= 15 is 0 Å². The Kier molecular flexibility index (Phi) is 2.11. The third kappa shape index (κ3) is 1.21. The van der Waals surface area contributed by atoms with Crippen LogP contribution >= 0.6 is 0 Å². The molecular formula is C8H12O3. The highest BCUT2D eigenvalue weighted by Gasteiger charge is 2.39. The summed E-state index contributed by atoms with van der Waals surface area (Å²) in [5.74, 6) is -0.153. The zero-order chi connectivity index (χ0) is 8.48. The van der Waals surface area contributed by atoms with Gasteiger partial charge in [0.15, 0.2) is 5.78 Å². The Bertz CT molecular complexity index is 201. The van der Waals surface area contributed by atoms with E-state index in [1.165, 1.54) is 6.08 Å². The summed E-state index contributed by atoms with van der Waals surface area (Å²) < 4.78 is 0. The second-order valence-electron chi connectivity index (χ2n) is 3.13. The van der Waals surface area contributed by atoms with Gasteiger partial charge in [-0.3, -0.25) is 4.79 Å². The predicted molar refractivity (Wildman–Crippen MR) is 40.0 cm³/mol. The molecule has 1 aliphatic carbocycles. The molecule has 3 nitrogen and oxygen atoms in total. The first-order valence-electron chi connectivity index (χ1n) is 3.58. The van der Waals surface area contributed by atoms with Crippen molar-refractivity contribution in [3.8, 4) is 0 Å². The van der Waals surface area contributed by atoms with Gasteiger partial charge in [-0.05, 0) is 19.4 Å². The van der Waals surface area contributed by atoms with Crippen LogP contribution in [-0.2, 0) is 4.79 Å². The summed E-state index contributed by atoms with van der Waals surface area (Å²) in [6, 6.07) is 0. The van der Waals surface area contributed by atoms with Crippen LogP contribution in [0.3, 0.4) is 0 Å². The summed E-state index contributed by atoms with van der Waals surface area (Å²) >= 11 is 0. The molecule has 1 rings (SSSR count). The van der Waals surface area contributed by atoms with Gasteiger partial charge in [0.2, 0.25) is 0 Å². The molecule has 1 aliphatic rings. The molecule has 0 aliphatic heterocycles. The van der Waals surface area contributed by atoms with E-state index in [1.807, 2.05) is 6.92 Å². The van der Waals surface area contributed by atoms with Crippen molar-refractivity contribution in [2.45, 2.75) is 13.3 Å². The molecular weight excluding hydrogens is 144 g/mol. The zero-order valence-electron chi connectivity index (χ0n) is 6.50. The lowest BCUT2D eigenvalue weighted by Gasteiger charge is -2.21. The van der Waals surface area contributed by atoms with Crippen LogP contribution in [0.5, 0.6) is 0 Å². The second kappa shape index (κ2) is 2.75. The Hall–Kier alpha value is -0.670. The van der Waals surface area contributed by atoms with E-state index in [0.717, 1.165) is 5.57 Å². The molecule has 62 valence electrons. The molecule has 0 fully saturated rings. The van der Waals surface area contributed by atoms with Crippen LogP contribution in [-0.4, -0.2) is 29.2 Å². The van der Waals surface area contributed by atoms with Gasteiger partial charge in [0.05, 0.1) is 18.6 Å². The summed E-state index contributed by atoms with van der Waals surface area (Å²) in [6.45, 7) is 1.29. The van der Waals surface area contributed by atoms with Gasteiger partial charge in [-0.25, -0.2) is 0 Å². The average molecular weight is 156 g/mol. The van der Waals surface area contributed by atoms with E-state index < -0.39 is 5.41 Å². The highest BCUT2D eigenvalue weighted by atomic mass is 16.3. The molecule has 0 unspecified atom stereocenters. The van der Waals surface area contributed by atoms with Crippen molar-refractivity contribution in [1.82, 2.24) is 0 Å². The molecule has 0 saturated carbocycles. The summed E-state index contributed by atoms with van der Waals surface area (Å²) in [6.07, 6.45) is 1.98. The van der Waals surface area contributed by atoms with Gasteiger partial charge >= 0.3 is 0 Å². The van der Waals surface area contributed by atoms with Gasteiger partial charge in [-0.2, -0.15) is 0 Å². The molecule has 0 heterocycles. The van der Waals surface area contributed by atoms with Gasteiger partial charge < -0.3 is 10.2 Å². The van der Waals surface area contributed by atoms with Crippen LogP contribution in [0.1, 0.15) is 13.3 Å². The lowest BCUT2D eigenvalue weighted by atomic mass is 9.85. The number of aliphatic hydroxyl groups excluding tert-OH is 2. The van der Waals surface area contributed by atoms with Crippen LogP contribution in [0.15, 0.2) is 11.6 Å². The minimum absolute atomic E-state index is 0.153. The van der Waals surface area contributed by atoms with Gasteiger partial charge in [0, 0.05) is 0 Å². The fourth-order valence-electron chi connectivity index (χ4n) is 1.37. The molecule has 11 heavy (non-hydrogen) atoms. The average Bonchev–Trinajstić information content (AvgIpc) is 2.27. The van der Waals surface area contributed by atoms with E-state index in [2.05, 4.69) is 0 Å². The smallest absolute Gasteiger partial charge is 0.166 e. The molecule has 2 N–H and O–H groups in total. The first kappa shape index (κ1) is 8.43. The Morgan fingerprint density at radius 2 is 2.09 bits per heavy atom. The largest absolute Gasteiger partial charge is 0.395 e. The molecule has 0 radical (unpaired) electrons. The van der Waals surface area contributed by atoms with E-state index in [0.29, 0.717) is 6.42 Å². The monoisotopic (exact) mass is 156 g/mol. The minimum atomic E-state index is -0.913. The Balaban J connectivity index is 2.84. The number of aliphatic hydroxyl groups is 2. The Morgan fingerprint density at radius 3 is 2.27 bits per heavy atom. The second-order valence-corrected chi connectivity index (χ2v) is 3.13. The summed E-state index contributed by atoms with van der Waals surface area (Å²) in [5, 5.41) is 17.8. The predicted octanol–water partition coefficient (Wildman–Crippen LogP) is -0.123. The number of carbonyl (C=O) groups is 1. The van der Waals surface area contributed by atoms with E-state index in [1.54, 1.807) is 0 Å². The first-order valence-corrected chi connectivity index (χ1v) is 3.58. The van der Waals surface area contributed by atoms with Gasteiger partial charge in [0.1, 0.15) is 0 Å². The maximum absolute atomic E-state index is 11.2. The summed E-state index contributed by atoms with van der Waals surface area (Å²) in [4.78, 5) is 11.2. The van der Waals surface area contributed by atoms with Crippen molar-refractivity contribution < 1.29 is 15.0 Å². The van der Waals surface area contributed by atoms with E-state index in [9.17, 15) is 4.79 Å². The van der Waals surface area contributed by atoms with Crippen molar-refractivity contribution >= 4 is 5.78 Å². The van der Waals surface area contributed by atoms with Crippen molar-refractivity contribution in [2.75, 3.05) is 13.2 Å².